The van der Waals surface area contributed by atoms with Crippen molar-refractivity contribution in [3.05, 3.63) is 95.8 Å². The number of hydrogen-bond acceptors (Lipinski definition) is 2. The minimum Gasteiger partial charge on any atom is -0.390 e. The van der Waals surface area contributed by atoms with Crippen molar-refractivity contribution in [2.24, 2.45) is 5.16 Å². The molecule has 3 rings (SSSR count). The van der Waals surface area contributed by atoms with E-state index in [1.54, 1.807) is 12.1 Å². The lowest BCUT2D eigenvalue weighted by Gasteiger charge is -2.03. The predicted octanol–water partition coefficient (Wildman–Crippen LogP) is 4.92. The van der Waals surface area contributed by atoms with Crippen LogP contribution in [0, 0.1) is 5.82 Å². The van der Waals surface area contributed by atoms with E-state index in [0.717, 1.165) is 11.1 Å². The standard InChI is InChI=1S/C20H15FNO/c21-20-12-8-16(9-13-20)14-22-23-15-17-6-10-19(11-7-17)18-4-2-1-3-5-18/h1-13H,15H2. The summed E-state index contributed by atoms with van der Waals surface area (Å²) in [6.45, 7) is 0.364. The van der Waals surface area contributed by atoms with Crippen LogP contribution in [0.25, 0.3) is 11.1 Å². The van der Waals surface area contributed by atoms with Crippen molar-refractivity contribution in [3.63, 3.8) is 0 Å². The maximum Gasteiger partial charge on any atom is 0.142 e. The maximum absolute atomic E-state index is 12.8. The Kier molecular flexibility index (Phi) is 4.79. The van der Waals surface area contributed by atoms with Crippen LogP contribution in [0.3, 0.4) is 0 Å². The largest absolute Gasteiger partial charge is 0.390 e. The van der Waals surface area contributed by atoms with Crippen molar-refractivity contribution in [1.82, 2.24) is 0 Å². The van der Waals surface area contributed by atoms with Gasteiger partial charge in [0, 0.05) is 5.56 Å². The van der Waals surface area contributed by atoms with E-state index in [0.29, 0.717) is 12.2 Å². The topological polar surface area (TPSA) is 21.6 Å². The van der Waals surface area contributed by atoms with Crippen LogP contribution < -0.4 is 0 Å². The first-order valence-electron chi connectivity index (χ1n) is 7.29. The summed E-state index contributed by atoms with van der Waals surface area (Å²) in [5.41, 5.74) is 4.04. The fourth-order valence-corrected chi connectivity index (χ4v) is 2.14. The van der Waals surface area contributed by atoms with Crippen LogP contribution in [0.4, 0.5) is 4.39 Å². The van der Waals surface area contributed by atoms with E-state index in [1.807, 2.05) is 30.3 Å². The highest BCUT2D eigenvalue weighted by Gasteiger charge is 1.98. The molecule has 3 heteroatoms. The molecule has 3 aromatic carbocycles. The molecule has 0 N–H and O–H groups in total. The molecular formula is C20H15FNO. The summed E-state index contributed by atoms with van der Waals surface area (Å²) in [5, 5.41) is 3.77. The second-order valence-electron chi connectivity index (χ2n) is 5.05. The second-order valence-corrected chi connectivity index (χ2v) is 5.05. The van der Waals surface area contributed by atoms with Crippen LogP contribution in [0.1, 0.15) is 11.1 Å². The lowest BCUT2D eigenvalue weighted by atomic mass is 10.0. The number of hydrogen-bond donors (Lipinski definition) is 0. The SMILES string of the molecule is Fc1ccc(/[C]=N\OCc2ccc(-c3ccccc3)cc2)cc1. The first kappa shape index (κ1) is 15.0. The second kappa shape index (κ2) is 7.36. The third-order valence-electron chi connectivity index (χ3n) is 3.38. The molecule has 0 aliphatic carbocycles. The van der Waals surface area contributed by atoms with Crippen LogP contribution in [0.2, 0.25) is 0 Å². The predicted molar refractivity (Wildman–Crippen MR) is 89.6 cm³/mol. The Labute approximate surface area is 134 Å². The summed E-state index contributed by atoms with van der Waals surface area (Å²) in [4.78, 5) is 5.22. The molecule has 2 nitrogen and oxygen atoms in total. The van der Waals surface area contributed by atoms with Crippen LogP contribution >= 0.6 is 0 Å². The molecule has 0 spiro atoms. The van der Waals surface area contributed by atoms with Crippen molar-refractivity contribution in [2.45, 2.75) is 6.61 Å². The first-order chi connectivity index (χ1) is 11.3. The first-order valence-corrected chi connectivity index (χ1v) is 7.29. The lowest BCUT2D eigenvalue weighted by molar-refractivity contribution is 0.132. The highest BCUT2D eigenvalue weighted by atomic mass is 19.1. The molecule has 0 atom stereocenters. The highest BCUT2D eigenvalue weighted by molar-refractivity contribution is 5.78. The summed E-state index contributed by atoms with van der Waals surface area (Å²) < 4.78 is 12.8. The van der Waals surface area contributed by atoms with E-state index in [2.05, 4.69) is 35.6 Å². The molecule has 113 valence electrons. The molecule has 0 saturated carbocycles. The Balaban J connectivity index is 1.55. The Morgan fingerprint density at radius 3 is 2.13 bits per heavy atom. The van der Waals surface area contributed by atoms with Gasteiger partial charge in [0.2, 0.25) is 0 Å². The van der Waals surface area contributed by atoms with Gasteiger partial charge in [-0.15, -0.1) is 0 Å². The molecule has 0 aliphatic rings. The van der Waals surface area contributed by atoms with Gasteiger partial charge in [-0.1, -0.05) is 59.8 Å². The molecule has 0 fully saturated rings. The number of rotatable bonds is 5. The van der Waals surface area contributed by atoms with Crippen LogP contribution in [-0.2, 0) is 11.4 Å². The van der Waals surface area contributed by atoms with Gasteiger partial charge in [-0.3, -0.25) is 0 Å². The Bertz CT molecular complexity index is 765. The van der Waals surface area contributed by atoms with Crippen molar-refractivity contribution < 1.29 is 9.23 Å². The summed E-state index contributed by atoms with van der Waals surface area (Å²) in [6.07, 6.45) is 2.72. The molecule has 23 heavy (non-hydrogen) atoms. The van der Waals surface area contributed by atoms with E-state index >= 15 is 0 Å². The summed E-state index contributed by atoms with van der Waals surface area (Å²) >= 11 is 0. The van der Waals surface area contributed by atoms with Gasteiger partial charge in [-0.25, -0.2) is 4.39 Å². The Morgan fingerprint density at radius 2 is 1.43 bits per heavy atom. The van der Waals surface area contributed by atoms with Gasteiger partial charge in [0.1, 0.15) is 18.6 Å². The van der Waals surface area contributed by atoms with Gasteiger partial charge in [-0.2, -0.15) is 0 Å². The molecule has 0 amide bonds. The van der Waals surface area contributed by atoms with Gasteiger partial charge in [0.25, 0.3) is 0 Å². The molecular weight excluding hydrogens is 289 g/mol. The fourth-order valence-electron chi connectivity index (χ4n) is 2.14. The third kappa shape index (κ3) is 4.27. The van der Waals surface area contributed by atoms with Crippen molar-refractivity contribution in [1.29, 1.82) is 0 Å². The van der Waals surface area contributed by atoms with Crippen LogP contribution in [0.5, 0.6) is 0 Å². The molecule has 0 saturated heterocycles. The molecule has 0 unspecified atom stereocenters. The molecule has 0 aromatic heterocycles. The normalized spacial score (nSPS) is 10.8. The minimum atomic E-state index is -0.282. The molecule has 0 heterocycles. The van der Waals surface area contributed by atoms with Gasteiger partial charge < -0.3 is 4.84 Å². The smallest absolute Gasteiger partial charge is 0.142 e. The zero-order valence-corrected chi connectivity index (χ0v) is 12.4. The average molecular weight is 304 g/mol. The molecule has 3 aromatic rings. The van der Waals surface area contributed by atoms with E-state index in [9.17, 15) is 4.39 Å². The van der Waals surface area contributed by atoms with Gasteiger partial charge in [0.05, 0.1) is 0 Å². The molecule has 0 bridgehead atoms. The van der Waals surface area contributed by atoms with E-state index < -0.39 is 0 Å². The minimum absolute atomic E-state index is 0.282. The van der Waals surface area contributed by atoms with Gasteiger partial charge in [-0.05, 0) is 41.0 Å². The highest BCUT2D eigenvalue weighted by Crippen LogP contribution is 2.19. The quantitative estimate of drug-likeness (QED) is 0.484. The average Bonchev–Trinajstić information content (AvgIpc) is 2.62. The number of halogens is 1. The van der Waals surface area contributed by atoms with E-state index in [4.69, 9.17) is 4.84 Å². The van der Waals surface area contributed by atoms with Gasteiger partial charge >= 0.3 is 0 Å². The fraction of sp³-hybridized carbons (Fsp3) is 0.0500. The van der Waals surface area contributed by atoms with Crippen molar-refractivity contribution >= 4 is 6.21 Å². The summed E-state index contributed by atoms with van der Waals surface area (Å²) in [5.74, 6) is -0.282. The third-order valence-corrected chi connectivity index (χ3v) is 3.38. The maximum atomic E-state index is 12.8. The zero-order chi connectivity index (χ0) is 15.9. The van der Waals surface area contributed by atoms with Crippen LogP contribution in [0.15, 0.2) is 84.0 Å². The van der Waals surface area contributed by atoms with Gasteiger partial charge in [0.15, 0.2) is 0 Å². The monoisotopic (exact) mass is 304 g/mol. The Hall–Kier alpha value is -2.94. The summed E-state index contributed by atoms with van der Waals surface area (Å²) in [7, 11) is 0. The van der Waals surface area contributed by atoms with E-state index in [1.165, 1.54) is 17.7 Å². The van der Waals surface area contributed by atoms with Crippen LogP contribution in [-0.4, -0.2) is 6.21 Å². The van der Waals surface area contributed by atoms with Crippen molar-refractivity contribution in [3.8, 4) is 11.1 Å². The van der Waals surface area contributed by atoms with E-state index in [-0.39, 0.29) is 5.82 Å². The number of nitrogens with zero attached hydrogens (tertiary/aromatic N) is 1. The molecule has 1 radical (unpaired) electrons. The number of benzene rings is 3. The Morgan fingerprint density at radius 1 is 0.783 bits per heavy atom. The lowest BCUT2D eigenvalue weighted by Crippen LogP contribution is -1.89. The van der Waals surface area contributed by atoms with Crippen molar-refractivity contribution in [2.75, 3.05) is 0 Å². The summed E-state index contributed by atoms with van der Waals surface area (Å²) in [6, 6.07) is 24.2. The zero-order valence-electron chi connectivity index (χ0n) is 12.4. The molecule has 0 aliphatic heterocycles.